The molecule has 0 radical (unpaired) electrons. The summed E-state index contributed by atoms with van der Waals surface area (Å²) in [4.78, 5) is 2.66. The zero-order chi connectivity index (χ0) is 55.2. The quantitative estimate of drug-likeness (QED) is 0.156. The molecule has 1 heterocycles. The zero-order valence-electron chi connectivity index (χ0n) is 50.2. The monoisotopic (exact) mass is 1000 g/mol. The molecule has 76 heavy (non-hydrogen) atoms. The predicted molar refractivity (Wildman–Crippen MR) is 336 cm³/mol. The van der Waals surface area contributed by atoms with Crippen molar-refractivity contribution in [1.82, 2.24) is 4.57 Å². The highest BCUT2D eigenvalue weighted by Crippen LogP contribution is 2.52. The van der Waals surface area contributed by atoms with Crippen molar-refractivity contribution in [2.75, 3.05) is 4.90 Å². The summed E-state index contributed by atoms with van der Waals surface area (Å²) in [6, 6.07) is 55.5. The SMILES string of the molecule is CC(C)(C)c1ccc(-c2cc(C(C)(C)C)c(N(c3cc(C(C)(C)C)cc(C(C)(C)C)c3)c3ccc4ccc5c(-n6c7ccc(C(C)(C)C)cc7c7cc(C(C)(C)C)ccc76)ccc6ccc3c4c65)cc2C(C)(C)C)cc1. The van der Waals surface area contributed by atoms with Crippen molar-refractivity contribution in [3.05, 3.63) is 178 Å². The molecule has 10 aromatic rings. The summed E-state index contributed by atoms with van der Waals surface area (Å²) in [5, 5.41) is 10.2. The second-order valence-electron chi connectivity index (χ2n) is 29.7. The second-order valence-corrected chi connectivity index (χ2v) is 29.7. The third kappa shape index (κ3) is 9.30. The van der Waals surface area contributed by atoms with Crippen LogP contribution in [0.15, 0.2) is 140 Å². The Morgan fingerprint density at radius 2 is 0.737 bits per heavy atom. The molecular formula is C74H86N2. The molecule has 0 bridgehead atoms. The molecule has 0 spiro atoms. The van der Waals surface area contributed by atoms with E-state index < -0.39 is 0 Å². The average Bonchev–Trinajstić information content (AvgIpc) is 3.66. The van der Waals surface area contributed by atoms with Gasteiger partial charge in [0.25, 0.3) is 0 Å². The molecule has 0 aliphatic heterocycles. The fourth-order valence-corrected chi connectivity index (χ4v) is 11.8. The van der Waals surface area contributed by atoms with E-state index in [0.717, 1.165) is 0 Å². The number of hydrogen-bond donors (Lipinski definition) is 0. The molecule has 392 valence electrons. The Bertz CT molecular complexity index is 3770. The largest absolute Gasteiger partial charge is 0.310 e. The van der Waals surface area contributed by atoms with Crippen molar-refractivity contribution in [1.29, 1.82) is 0 Å². The highest BCUT2D eigenvalue weighted by Gasteiger charge is 2.33. The number of rotatable bonds is 5. The summed E-state index contributed by atoms with van der Waals surface area (Å²) in [5.41, 5.74) is 18.8. The van der Waals surface area contributed by atoms with Crippen LogP contribution in [0.4, 0.5) is 17.1 Å². The maximum absolute atomic E-state index is 2.66. The van der Waals surface area contributed by atoms with Crippen LogP contribution in [-0.4, -0.2) is 4.57 Å². The summed E-state index contributed by atoms with van der Waals surface area (Å²) in [7, 11) is 0. The van der Waals surface area contributed by atoms with Gasteiger partial charge in [0.05, 0.1) is 28.1 Å². The molecule has 9 aromatic carbocycles. The van der Waals surface area contributed by atoms with Gasteiger partial charge in [0, 0.05) is 27.2 Å². The van der Waals surface area contributed by atoms with E-state index in [1.807, 2.05) is 0 Å². The minimum Gasteiger partial charge on any atom is -0.310 e. The van der Waals surface area contributed by atoms with Gasteiger partial charge in [-0.25, -0.2) is 0 Å². The Kier molecular flexibility index (Phi) is 12.3. The fourth-order valence-electron chi connectivity index (χ4n) is 11.8. The van der Waals surface area contributed by atoms with Crippen LogP contribution in [-0.2, 0) is 37.9 Å². The Balaban J connectivity index is 1.31. The van der Waals surface area contributed by atoms with Gasteiger partial charge >= 0.3 is 0 Å². The van der Waals surface area contributed by atoms with E-state index in [9.17, 15) is 0 Å². The lowest BCUT2D eigenvalue weighted by atomic mass is 9.76. The van der Waals surface area contributed by atoms with Crippen LogP contribution in [0.5, 0.6) is 0 Å². The van der Waals surface area contributed by atoms with Crippen LogP contribution in [0.3, 0.4) is 0 Å². The molecule has 0 atom stereocenters. The van der Waals surface area contributed by atoms with Crippen LogP contribution in [0.25, 0.3) is 70.9 Å². The number of benzene rings is 9. The Morgan fingerprint density at radius 3 is 1.21 bits per heavy atom. The van der Waals surface area contributed by atoms with Gasteiger partial charge in [-0.2, -0.15) is 0 Å². The molecule has 1 aromatic heterocycles. The van der Waals surface area contributed by atoms with Gasteiger partial charge in [-0.05, 0) is 170 Å². The number of anilines is 3. The van der Waals surface area contributed by atoms with E-state index in [4.69, 9.17) is 0 Å². The van der Waals surface area contributed by atoms with Gasteiger partial charge < -0.3 is 9.47 Å². The predicted octanol–water partition coefficient (Wildman–Crippen LogP) is 21.9. The topological polar surface area (TPSA) is 8.17 Å². The van der Waals surface area contributed by atoms with Gasteiger partial charge in [0.15, 0.2) is 0 Å². The smallest absolute Gasteiger partial charge is 0.0541 e. The number of aromatic nitrogens is 1. The molecule has 0 amide bonds. The molecule has 0 aliphatic rings. The molecule has 0 saturated carbocycles. The lowest BCUT2D eigenvalue weighted by Crippen LogP contribution is -2.24. The summed E-state index contributed by atoms with van der Waals surface area (Å²) < 4.78 is 2.55. The summed E-state index contributed by atoms with van der Waals surface area (Å²) in [6.45, 7) is 49.4. The highest BCUT2D eigenvalue weighted by atomic mass is 15.1. The molecule has 2 heteroatoms. The van der Waals surface area contributed by atoms with Crippen molar-refractivity contribution in [2.45, 2.75) is 183 Å². The maximum atomic E-state index is 2.66. The summed E-state index contributed by atoms with van der Waals surface area (Å²) >= 11 is 0. The normalized spacial score (nSPS) is 13.6. The number of hydrogen-bond acceptors (Lipinski definition) is 1. The Labute approximate surface area is 456 Å². The van der Waals surface area contributed by atoms with E-state index >= 15 is 0 Å². The van der Waals surface area contributed by atoms with Crippen LogP contribution < -0.4 is 4.90 Å². The van der Waals surface area contributed by atoms with Crippen molar-refractivity contribution in [3.8, 4) is 16.8 Å². The van der Waals surface area contributed by atoms with Crippen molar-refractivity contribution >= 4 is 71.2 Å². The van der Waals surface area contributed by atoms with Crippen LogP contribution in [0, 0.1) is 0 Å². The van der Waals surface area contributed by atoms with Crippen LogP contribution >= 0.6 is 0 Å². The molecule has 10 rings (SSSR count). The lowest BCUT2D eigenvalue weighted by Gasteiger charge is -2.37. The van der Waals surface area contributed by atoms with Gasteiger partial charge in [-0.15, -0.1) is 0 Å². The third-order valence-electron chi connectivity index (χ3n) is 16.6. The Morgan fingerprint density at radius 1 is 0.303 bits per heavy atom. The minimum absolute atomic E-state index is 0.0214. The number of nitrogens with zero attached hydrogens (tertiary/aromatic N) is 2. The van der Waals surface area contributed by atoms with E-state index in [0.29, 0.717) is 0 Å². The zero-order valence-corrected chi connectivity index (χ0v) is 50.2. The van der Waals surface area contributed by atoms with Crippen molar-refractivity contribution in [2.24, 2.45) is 0 Å². The van der Waals surface area contributed by atoms with Gasteiger partial charge in [0.2, 0.25) is 0 Å². The lowest BCUT2D eigenvalue weighted by molar-refractivity contribution is 0.568. The van der Waals surface area contributed by atoms with Crippen molar-refractivity contribution < 1.29 is 0 Å². The Hall–Kier alpha value is -6.38. The van der Waals surface area contributed by atoms with E-state index in [1.165, 1.54) is 127 Å². The van der Waals surface area contributed by atoms with E-state index in [2.05, 4.69) is 294 Å². The number of fused-ring (bicyclic) bond motifs is 3. The molecule has 0 fully saturated rings. The molecule has 2 nitrogen and oxygen atoms in total. The third-order valence-corrected chi connectivity index (χ3v) is 16.6. The van der Waals surface area contributed by atoms with E-state index in [-0.39, 0.29) is 37.9 Å². The van der Waals surface area contributed by atoms with Crippen molar-refractivity contribution in [3.63, 3.8) is 0 Å². The highest BCUT2D eigenvalue weighted by molar-refractivity contribution is 6.27. The summed E-state index contributed by atoms with van der Waals surface area (Å²) in [5.74, 6) is 0. The first-order valence-electron chi connectivity index (χ1n) is 28.2. The minimum atomic E-state index is -0.207. The van der Waals surface area contributed by atoms with Crippen LogP contribution in [0.1, 0.15) is 184 Å². The van der Waals surface area contributed by atoms with E-state index in [1.54, 1.807) is 0 Å². The first kappa shape index (κ1) is 53.0. The standard InChI is InChI=1S/C74H86N2/c1-68(2,3)48-28-22-45(23-29-48)56-43-60(74(19,20)21)65(44-59(56)73(16,17)18)75(53-39-51(71(10,11)12)38-52(40-53)72(13,14)15)61-34-26-46-25-33-55-62(35-27-47-24-32-54(61)66(46)67(47)55)76-63-36-30-49(69(4,5)6)41-57(63)58-42-50(70(7,8)9)31-37-64(58)76/h22-44H,1-21H3. The average molecular weight is 1000 g/mol. The van der Waals surface area contributed by atoms with Crippen LogP contribution in [0.2, 0.25) is 0 Å². The second kappa shape index (κ2) is 17.6. The fraction of sp³-hybridized carbons (Fsp3) is 0.378. The maximum Gasteiger partial charge on any atom is 0.0541 e. The van der Waals surface area contributed by atoms with Gasteiger partial charge in [-0.1, -0.05) is 224 Å². The molecule has 0 aliphatic carbocycles. The molecule has 0 saturated heterocycles. The summed E-state index contributed by atoms with van der Waals surface area (Å²) in [6.07, 6.45) is 0. The molecule has 0 N–H and O–H groups in total. The van der Waals surface area contributed by atoms with Gasteiger partial charge in [-0.3, -0.25) is 0 Å². The molecule has 0 unspecified atom stereocenters. The molecular weight excluding hydrogens is 917 g/mol. The first-order chi connectivity index (χ1) is 35.1. The first-order valence-corrected chi connectivity index (χ1v) is 28.2. The van der Waals surface area contributed by atoms with Gasteiger partial charge in [0.1, 0.15) is 0 Å².